The predicted molar refractivity (Wildman–Crippen MR) is 38.7 cm³/mol. The number of nitrogens with zero attached hydrogens (tertiary/aromatic N) is 1. The Labute approximate surface area is 64.6 Å². The molecule has 0 aliphatic carbocycles. The number of hydrogen-bond donors (Lipinski definition) is 1. The van der Waals surface area contributed by atoms with Gasteiger partial charge in [-0.3, -0.25) is 4.79 Å². The van der Waals surface area contributed by atoms with Crippen molar-refractivity contribution in [2.75, 3.05) is 0 Å². The summed E-state index contributed by atoms with van der Waals surface area (Å²) in [6.45, 7) is 3.27. The average Bonchev–Trinajstić information content (AvgIpc) is 2.35. The maximum absolute atomic E-state index is 10.6. The Hall–Kier alpha value is -1.32. The summed E-state index contributed by atoms with van der Waals surface area (Å²) in [4.78, 5) is 14.5. The molecular formula is C7H10N2O2. The number of aromatic nitrogens is 1. The minimum Gasteiger partial charge on any atom is -0.447 e. The predicted octanol–water partition coefficient (Wildman–Crippen LogP) is 0.872. The van der Waals surface area contributed by atoms with Gasteiger partial charge < -0.3 is 9.73 Å². The van der Waals surface area contributed by atoms with E-state index in [1.807, 2.05) is 6.92 Å². The molecule has 0 bridgehead atoms. The molecular weight excluding hydrogens is 144 g/mol. The Morgan fingerprint density at radius 3 is 3.00 bits per heavy atom. The van der Waals surface area contributed by atoms with Gasteiger partial charge in [0.1, 0.15) is 12.3 Å². The molecule has 1 N–H and O–H groups in total. The number of nitrogens with one attached hydrogen (secondary N) is 1. The van der Waals surface area contributed by atoms with Crippen molar-refractivity contribution in [2.45, 2.75) is 19.9 Å². The Balaban J connectivity index is 2.56. The third-order valence-electron chi connectivity index (χ3n) is 1.24. The smallest absolute Gasteiger partial charge is 0.217 e. The lowest BCUT2D eigenvalue weighted by Gasteiger charge is -2.06. The fourth-order valence-corrected chi connectivity index (χ4v) is 0.815. The van der Waals surface area contributed by atoms with E-state index in [1.165, 1.54) is 13.2 Å². The number of oxazole rings is 1. The van der Waals surface area contributed by atoms with Gasteiger partial charge in [0.25, 0.3) is 0 Å². The molecule has 4 heteroatoms. The molecule has 1 aromatic rings. The van der Waals surface area contributed by atoms with Crippen LogP contribution in [0.5, 0.6) is 0 Å². The molecule has 1 heterocycles. The molecule has 0 aromatic carbocycles. The van der Waals surface area contributed by atoms with Crippen molar-refractivity contribution in [3.8, 4) is 0 Å². The second-order valence-corrected chi connectivity index (χ2v) is 2.29. The van der Waals surface area contributed by atoms with Gasteiger partial charge in [-0.2, -0.15) is 0 Å². The molecule has 0 radical (unpaired) electrons. The molecule has 1 rings (SSSR count). The molecule has 0 fully saturated rings. The van der Waals surface area contributed by atoms with Crippen LogP contribution >= 0.6 is 0 Å². The second kappa shape index (κ2) is 3.18. The highest BCUT2D eigenvalue weighted by Crippen LogP contribution is 2.07. The van der Waals surface area contributed by atoms with Gasteiger partial charge in [-0.25, -0.2) is 4.98 Å². The van der Waals surface area contributed by atoms with Crippen molar-refractivity contribution >= 4 is 5.91 Å². The van der Waals surface area contributed by atoms with E-state index >= 15 is 0 Å². The summed E-state index contributed by atoms with van der Waals surface area (Å²) < 4.78 is 4.97. The van der Waals surface area contributed by atoms with E-state index < -0.39 is 0 Å². The first-order valence-corrected chi connectivity index (χ1v) is 3.36. The first-order chi connectivity index (χ1) is 5.20. The summed E-state index contributed by atoms with van der Waals surface area (Å²) in [5, 5.41) is 2.65. The molecule has 4 nitrogen and oxygen atoms in total. The maximum Gasteiger partial charge on any atom is 0.217 e. The van der Waals surface area contributed by atoms with Crippen molar-refractivity contribution in [3.05, 3.63) is 18.4 Å². The zero-order valence-electron chi connectivity index (χ0n) is 6.50. The van der Waals surface area contributed by atoms with Gasteiger partial charge in [0.15, 0.2) is 0 Å². The number of rotatable bonds is 2. The largest absolute Gasteiger partial charge is 0.447 e. The van der Waals surface area contributed by atoms with E-state index in [0.717, 1.165) is 0 Å². The van der Waals surface area contributed by atoms with E-state index in [4.69, 9.17) is 4.42 Å². The molecule has 0 aliphatic rings. The van der Waals surface area contributed by atoms with E-state index in [-0.39, 0.29) is 11.9 Å². The van der Waals surface area contributed by atoms with Gasteiger partial charge in [0.05, 0.1) is 6.20 Å². The first kappa shape index (κ1) is 7.78. The molecule has 1 aromatic heterocycles. The lowest BCUT2D eigenvalue weighted by Crippen LogP contribution is -2.23. The Bertz CT molecular complexity index is 231. The number of hydrogen-bond acceptors (Lipinski definition) is 3. The summed E-state index contributed by atoms with van der Waals surface area (Å²) in [6.07, 6.45) is 3.03. The molecule has 11 heavy (non-hydrogen) atoms. The van der Waals surface area contributed by atoms with Crippen molar-refractivity contribution in [3.63, 3.8) is 0 Å². The molecule has 1 unspecified atom stereocenters. The fraction of sp³-hybridized carbons (Fsp3) is 0.429. The van der Waals surface area contributed by atoms with Gasteiger partial charge >= 0.3 is 0 Å². The molecule has 1 atom stereocenters. The van der Waals surface area contributed by atoms with Crippen LogP contribution in [0, 0.1) is 0 Å². The van der Waals surface area contributed by atoms with Gasteiger partial charge in [0.2, 0.25) is 11.8 Å². The molecule has 0 spiro atoms. The van der Waals surface area contributed by atoms with Crippen LogP contribution in [-0.2, 0) is 4.79 Å². The zero-order valence-corrected chi connectivity index (χ0v) is 6.50. The standard InChI is InChI=1S/C7H10N2O2/c1-5(9-6(2)10)7-8-3-4-11-7/h3-5H,1-2H3,(H,9,10). The topological polar surface area (TPSA) is 55.1 Å². The fourth-order valence-electron chi connectivity index (χ4n) is 0.815. The Kier molecular flexibility index (Phi) is 2.25. The zero-order chi connectivity index (χ0) is 8.27. The highest BCUT2D eigenvalue weighted by Gasteiger charge is 2.09. The van der Waals surface area contributed by atoms with E-state index in [0.29, 0.717) is 5.89 Å². The normalized spacial score (nSPS) is 12.5. The summed E-state index contributed by atoms with van der Waals surface area (Å²) in [5.41, 5.74) is 0. The van der Waals surface area contributed by atoms with Crippen LogP contribution in [0.25, 0.3) is 0 Å². The highest BCUT2D eigenvalue weighted by atomic mass is 16.3. The first-order valence-electron chi connectivity index (χ1n) is 3.36. The van der Waals surface area contributed by atoms with Crippen molar-refractivity contribution in [1.29, 1.82) is 0 Å². The SMILES string of the molecule is CC(=O)NC(C)c1ncco1. The van der Waals surface area contributed by atoms with Crippen LogP contribution in [0.4, 0.5) is 0 Å². The summed E-state index contributed by atoms with van der Waals surface area (Å²) in [6, 6.07) is -0.150. The molecule has 60 valence electrons. The number of carbonyl (C=O) groups is 1. The van der Waals surface area contributed by atoms with Crippen LogP contribution in [-0.4, -0.2) is 10.9 Å². The van der Waals surface area contributed by atoms with Gasteiger partial charge in [-0.05, 0) is 6.92 Å². The minimum atomic E-state index is -0.150. The minimum absolute atomic E-state index is 0.0873. The molecule has 1 amide bonds. The Morgan fingerprint density at radius 2 is 2.55 bits per heavy atom. The van der Waals surface area contributed by atoms with Crippen LogP contribution in [0.2, 0.25) is 0 Å². The highest BCUT2D eigenvalue weighted by molar-refractivity contribution is 5.73. The van der Waals surface area contributed by atoms with Crippen LogP contribution < -0.4 is 5.32 Å². The van der Waals surface area contributed by atoms with E-state index in [9.17, 15) is 4.79 Å². The quantitative estimate of drug-likeness (QED) is 0.687. The third-order valence-corrected chi connectivity index (χ3v) is 1.24. The summed E-state index contributed by atoms with van der Waals surface area (Å²) >= 11 is 0. The number of carbonyl (C=O) groups excluding carboxylic acids is 1. The van der Waals surface area contributed by atoms with Gasteiger partial charge in [0, 0.05) is 6.92 Å². The van der Waals surface area contributed by atoms with Crippen LogP contribution in [0.15, 0.2) is 16.9 Å². The summed E-state index contributed by atoms with van der Waals surface area (Å²) in [5.74, 6) is 0.441. The second-order valence-electron chi connectivity index (χ2n) is 2.29. The van der Waals surface area contributed by atoms with Crippen molar-refractivity contribution < 1.29 is 9.21 Å². The lowest BCUT2D eigenvalue weighted by molar-refractivity contribution is -0.119. The van der Waals surface area contributed by atoms with Crippen molar-refractivity contribution in [2.24, 2.45) is 0 Å². The number of amides is 1. The Morgan fingerprint density at radius 1 is 1.82 bits per heavy atom. The van der Waals surface area contributed by atoms with Gasteiger partial charge in [-0.1, -0.05) is 0 Å². The average molecular weight is 154 g/mol. The van der Waals surface area contributed by atoms with E-state index in [2.05, 4.69) is 10.3 Å². The molecule has 0 saturated heterocycles. The van der Waals surface area contributed by atoms with Crippen LogP contribution in [0.3, 0.4) is 0 Å². The van der Waals surface area contributed by atoms with Gasteiger partial charge in [-0.15, -0.1) is 0 Å². The molecule has 0 aliphatic heterocycles. The molecule has 0 saturated carbocycles. The summed E-state index contributed by atoms with van der Waals surface area (Å²) in [7, 11) is 0. The monoisotopic (exact) mass is 154 g/mol. The van der Waals surface area contributed by atoms with E-state index in [1.54, 1.807) is 6.20 Å². The third kappa shape index (κ3) is 2.07. The van der Waals surface area contributed by atoms with Crippen LogP contribution in [0.1, 0.15) is 25.8 Å². The lowest BCUT2D eigenvalue weighted by atomic mass is 10.3. The van der Waals surface area contributed by atoms with Crippen molar-refractivity contribution in [1.82, 2.24) is 10.3 Å². The maximum atomic E-state index is 10.6.